The van der Waals surface area contributed by atoms with E-state index in [9.17, 15) is 4.79 Å². The second-order valence-electron chi connectivity index (χ2n) is 5.63. The Bertz CT molecular complexity index is 500. The number of hydrogen-bond acceptors (Lipinski definition) is 4. The first kappa shape index (κ1) is 14.9. The quantitative estimate of drug-likeness (QED) is 0.916. The molecule has 110 valence electrons. The molecular weight excluding hydrogens is 256 g/mol. The van der Waals surface area contributed by atoms with Crippen LogP contribution < -0.4 is 0 Å². The Morgan fingerprint density at radius 3 is 2.90 bits per heavy atom. The molecular formula is C15H22N2O3. The van der Waals surface area contributed by atoms with Crippen LogP contribution in [0.2, 0.25) is 0 Å². The molecule has 0 radical (unpaired) electrons. The maximum atomic E-state index is 11.1. The summed E-state index contributed by atoms with van der Waals surface area (Å²) in [6.07, 6.45) is 5.48. The van der Waals surface area contributed by atoms with Crippen LogP contribution in [0, 0.1) is 12.8 Å². The predicted molar refractivity (Wildman–Crippen MR) is 74.7 cm³/mol. The van der Waals surface area contributed by atoms with Gasteiger partial charge in [0.1, 0.15) is 5.60 Å². The van der Waals surface area contributed by atoms with E-state index in [1.54, 1.807) is 6.92 Å². The van der Waals surface area contributed by atoms with Crippen LogP contribution in [0.4, 0.5) is 0 Å². The number of aromatic nitrogens is 2. The summed E-state index contributed by atoms with van der Waals surface area (Å²) in [4.78, 5) is 19.8. The Balaban J connectivity index is 2.39. The minimum Gasteiger partial charge on any atom is -0.478 e. The van der Waals surface area contributed by atoms with Crippen LogP contribution in [-0.2, 0) is 10.3 Å². The minimum absolute atomic E-state index is 0.157. The summed E-state index contributed by atoms with van der Waals surface area (Å²) >= 11 is 0. The number of carboxylic acid groups (broad SMARTS) is 1. The summed E-state index contributed by atoms with van der Waals surface area (Å²) in [7, 11) is 0. The molecule has 1 aromatic heterocycles. The summed E-state index contributed by atoms with van der Waals surface area (Å²) in [6.45, 7) is 6.50. The third-order valence-electron chi connectivity index (χ3n) is 3.99. The molecule has 20 heavy (non-hydrogen) atoms. The Hall–Kier alpha value is -1.49. The zero-order valence-corrected chi connectivity index (χ0v) is 12.3. The number of ether oxygens (including phenoxy) is 1. The van der Waals surface area contributed by atoms with Gasteiger partial charge in [-0.3, -0.25) is 0 Å². The van der Waals surface area contributed by atoms with Gasteiger partial charge in [-0.1, -0.05) is 13.3 Å². The monoisotopic (exact) mass is 278 g/mol. The first-order chi connectivity index (χ1) is 9.48. The van der Waals surface area contributed by atoms with Crippen molar-refractivity contribution in [2.45, 2.75) is 52.1 Å². The Morgan fingerprint density at radius 2 is 2.35 bits per heavy atom. The van der Waals surface area contributed by atoms with E-state index in [0.717, 1.165) is 19.3 Å². The highest BCUT2D eigenvalue weighted by Crippen LogP contribution is 2.41. The lowest BCUT2D eigenvalue weighted by molar-refractivity contribution is -0.0882. The number of carbonyl (C=O) groups is 1. The van der Waals surface area contributed by atoms with Gasteiger partial charge in [0.2, 0.25) is 0 Å². The molecule has 0 saturated heterocycles. The summed E-state index contributed by atoms with van der Waals surface area (Å²) in [5.74, 6) is 0.211. The Labute approximate surface area is 119 Å². The van der Waals surface area contributed by atoms with Gasteiger partial charge in [-0.05, 0) is 39.0 Å². The summed E-state index contributed by atoms with van der Waals surface area (Å²) in [6, 6.07) is 0. The van der Waals surface area contributed by atoms with E-state index in [1.165, 1.54) is 12.6 Å². The Morgan fingerprint density at radius 1 is 1.60 bits per heavy atom. The van der Waals surface area contributed by atoms with E-state index in [4.69, 9.17) is 9.84 Å². The van der Waals surface area contributed by atoms with E-state index in [1.807, 2.05) is 6.92 Å². The third kappa shape index (κ3) is 2.82. The van der Waals surface area contributed by atoms with Crippen molar-refractivity contribution in [1.82, 2.24) is 9.97 Å². The van der Waals surface area contributed by atoms with Crippen molar-refractivity contribution in [3.05, 3.63) is 23.3 Å². The van der Waals surface area contributed by atoms with Crippen LogP contribution >= 0.6 is 0 Å². The van der Waals surface area contributed by atoms with Gasteiger partial charge in [0.05, 0.1) is 11.3 Å². The molecule has 0 amide bonds. The summed E-state index contributed by atoms with van der Waals surface area (Å²) in [5.41, 5.74) is 0.206. The van der Waals surface area contributed by atoms with Crippen LogP contribution in [0.25, 0.3) is 0 Å². The van der Waals surface area contributed by atoms with Gasteiger partial charge in [0.15, 0.2) is 5.82 Å². The van der Waals surface area contributed by atoms with Crippen LogP contribution in [0.3, 0.4) is 0 Å². The fraction of sp³-hybridized carbons (Fsp3) is 0.667. The van der Waals surface area contributed by atoms with E-state index in [-0.39, 0.29) is 5.56 Å². The van der Waals surface area contributed by atoms with Gasteiger partial charge in [0, 0.05) is 12.8 Å². The molecule has 2 unspecified atom stereocenters. The second kappa shape index (κ2) is 5.87. The molecule has 1 aliphatic rings. The SMILES string of the molecule is CCOC1(c2ncc(C(=O)O)c(C)n2)CCCC(C)C1. The van der Waals surface area contributed by atoms with Crippen LogP contribution in [0.15, 0.2) is 6.20 Å². The molecule has 2 atom stereocenters. The molecule has 0 aliphatic heterocycles. The third-order valence-corrected chi connectivity index (χ3v) is 3.99. The molecule has 0 aromatic carbocycles. The number of aryl methyl sites for hydroxylation is 1. The summed E-state index contributed by atoms with van der Waals surface area (Å²) in [5, 5.41) is 9.07. The molecule has 5 heteroatoms. The molecule has 1 heterocycles. The summed E-state index contributed by atoms with van der Waals surface area (Å²) < 4.78 is 6.01. The first-order valence-electron chi connectivity index (χ1n) is 7.20. The van der Waals surface area contributed by atoms with E-state index < -0.39 is 11.6 Å². The maximum absolute atomic E-state index is 11.1. The largest absolute Gasteiger partial charge is 0.478 e. The van der Waals surface area contributed by atoms with Crippen molar-refractivity contribution < 1.29 is 14.6 Å². The van der Waals surface area contributed by atoms with Crippen molar-refractivity contribution in [2.24, 2.45) is 5.92 Å². The fourth-order valence-electron chi connectivity index (χ4n) is 3.07. The number of carboxylic acids is 1. The molecule has 1 fully saturated rings. The van der Waals surface area contributed by atoms with Crippen LogP contribution in [0.1, 0.15) is 61.4 Å². The van der Waals surface area contributed by atoms with Crippen molar-refractivity contribution in [2.75, 3.05) is 6.61 Å². The number of hydrogen-bond donors (Lipinski definition) is 1. The van der Waals surface area contributed by atoms with E-state index in [2.05, 4.69) is 16.9 Å². The fourth-order valence-corrected chi connectivity index (χ4v) is 3.07. The van der Waals surface area contributed by atoms with Gasteiger partial charge >= 0.3 is 5.97 Å². The average molecular weight is 278 g/mol. The Kier molecular flexibility index (Phi) is 4.38. The van der Waals surface area contributed by atoms with Crippen molar-refractivity contribution in [3.63, 3.8) is 0 Å². The molecule has 2 rings (SSSR count). The molecule has 5 nitrogen and oxygen atoms in total. The zero-order chi connectivity index (χ0) is 14.8. The lowest BCUT2D eigenvalue weighted by Gasteiger charge is -2.38. The normalized spacial score (nSPS) is 26.4. The van der Waals surface area contributed by atoms with Crippen LogP contribution in [-0.4, -0.2) is 27.7 Å². The second-order valence-corrected chi connectivity index (χ2v) is 5.63. The lowest BCUT2D eigenvalue weighted by atomic mass is 9.78. The molecule has 1 aromatic rings. The molecule has 1 aliphatic carbocycles. The van der Waals surface area contributed by atoms with Crippen molar-refractivity contribution in [3.8, 4) is 0 Å². The highest BCUT2D eigenvalue weighted by molar-refractivity contribution is 5.88. The highest BCUT2D eigenvalue weighted by Gasteiger charge is 2.40. The van der Waals surface area contributed by atoms with Gasteiger partial charge in [-0.2, -0.15) is 0 Å². The minimum atomic E-state index is -0.989. The lowest BCUT2D eigenvalue weighted by Crippen LogP contribution is -2.37. The molecule has 1 saturated carbocycles. The zero-order valence-electron chi connectivity index (χ0n) is 12.3. The van der Waals surface area contributed by atoms with Gasteiger partial charge in [-0.15, -0.1) is 0 Å². The molecule has 0 spiro atoms. The van der Waals surface area contributed by atoms with Crippen molar-refractivity contribution >= 4 is 5.97 Å². The predicted octanol–water partition coefficient (Wildman–Crippen LogP) is 2.93. The number of nitrogens with zero attached hydrogens (tertiary/aromatic N) is 2. The van der Waals surface area contributed by atoms with Crippen LogP contribution in [0.5, 0.6) is 0 Å². The van der Waals surface area contributed by atoms with E-state index in [0.29, 0.717) is 24.0 Å². The molecule has 0 bridgehead atoms. The average Bonchev–Trinajstić information content (AvgIpc) is 2.38. The van der Waals surface area contributed by atoms with Gasteiger partial charge < -0.3 is 9.84 Å². The molecule has 1 N–H and O–H groups in total. The standard InChI is InChI=1S/C15H22N2O3/c1-4-20-15(7-5-6-10(2)8-15)14-16-9-12(13(18)19)11(3)17-14/h9-10H,4-8H2,1-3H3,(H,18,19). The highest BCUT2D eigenvalue weighted by atomic mass is 16.5. The van der Waals surface area contributed by atoms with Crippen molar-refractivity contribution in [1.29, 1.82) is 0 Å². The van der Waals surface area contributed by atoms with Gasteiger partial charge in [0.25, 0.3) is 0 Å². The maximum Gasteiger partial charge on any atom is 0.339 e. The number of aromatic carboxylic acids is 1. The topological polar surface area (TPSA) is 72.3 Å². The first-order valence-corrected chi connectivity index (χ1v) is 7.20. The smallest absolute Gasteiger partial charge is 0.339 e. The van der Waals surface area contributed by atoms with Gasteiger partial charge in [-0.25, -0.2) is 14.8 Å². The van der Waals surface area contributed by atoms with E-state index >= 15 is 0 Å². The number of rotatable bonds is 4.